The predicted molar refractivity (Wildman–Crippen MR) is 137 cm³/mol. The largest absolute Gasteiger partial charge is 0.489 e. The monoisotopic (exact) mass is 481 g/mol. The first-order chi connectivity index (χ1) is 17.1. The van der Waals surface area contributed by atoms with Gasteiger partial charge in [0.15, 0.2) is 0 Å². The van der Waals surface area contributed by atoms with E-state index in [-0.39, 0.29) is 12.0 Å². The van der Waals surface area contributed by atoms with E-state index >= 15 is 0 Å². The van der Waals surface area contributed by atoms with E-state index in [1.807, 2.05) is 42.5 Å². The van der Waals surface area contributed by atoms with Gasteiger partial charge in [0.05, 0.1) is 17.3 Å². The van der Waals surface area contributed by atoms with Gasteiger partial charge in [0.1, 0.15) is 12.4 Å². The van der Waals surface area contributed by atoms with Gasteiger partial charge in [-0.1, -0.05) is 72.3 Å². The molecule has 0 unspecified atom stereocenters. The first-order valence-corrected chi connectivity index (χ1v) is 12.1. The van der Waals surface area contributed by atoms with Crippen LogP contribution in [0.25, 0.3) is 0 Å². The Kier molecular flexibility index (Phi) is 5.46. The van der Waals surface area contributed by atoms with Crippen molar-refractivity contribution in [2.75, 3.05) is 5.32 Å². The second-order valence-electron chi connectivity index (χ2n) is 9.23. The van der Waals surface area contributed by atoms with Crippen LogP contribution in [0.2, 0.25) is 5.02 Å². The second-order valence-corrected chi connectivity index (χ2v) is 9.66. The van der Waals surface area contributed by atoms with E-state index < -0.39 is 5.97 Å². The van der Waals surface area contributed by atoms with Crippen molar-refractivity contribution < 1.29 is 14.6 Å². The Morgan fingerprint density at radius 2 is 1.66 bits per heavy atom. The number of carbonyl (C=O) groups is 1. The molecule has 1 aliphatic heterocycles. The maximum Gasteiger partial charge on any atom is 0.337 e. The number of hydrogen-bond donors (Lipinski definition) is 2. The highest BCUT2D eigenvalue weighted by molar-refractivity contribution is 6.30. The molecule has 4 aromatic rings. The Hall–Kier alpha value is -3.76. The van der Waals surface area contributed by atoms with Crippen LogP contribution in [-0.4, -0.2) is 11.1 Å². The van der Waals surface area contributed by atoms with E-state index in [9.17, 15) is 9.90 Å². The summed E-state index contributed by atoms with van der Waals surface area (Å²) in [6.07, 6.45) is 0.948. The number of carboxylic acids is 1. The van der Waals surface area contributed by atoms with E-state index in [1.165, 1.54) is 11.1 Å². The summed E-state index contributed by atoms with van der Waals surface area (Å²) in [6.45, 7) is 0.466. The number of para-hydroxylation sites is 1. The molecule has 35 heavy (non-hydrogen) atoms. The molecule has 2 N–H and O–H groups in total. The lowest BCUT2D eigenvalue weighted by molar-refractivity contribution is 0.0697. The Morgan fingerprint density at radius 1 is 0.914 bits per heavy atom. The molecule has 4 aromatic carbocycles. The van der Waals surface area contributed by atoms with Gasteiger partial charge in [-0.15, -0.1) is 0 Å². The predicted octanol–water partition coefficient (Wildman–Crippen LogP) is 7.09. The normalized spacial score (nSPS) is 19.7. The van der Waals surface area contributed by atoms with Crippen molar-refractivity contribution >= 4 is 23.3 Å². The average molecular weight is 482 g/mol. The van der Waals surface area contributed by atoms with Crippen molar-refractivity contribution in [2.45, 2.75) is 25.0 Å². The van der Waals surface area contributed by atoms with Crippen molar-refractivity contribution in [3.05, 3.63) is 129 Å². The average Bonchev–Trinajstić information content (AvgIpc) is 3.28. The summed E-state index contributed by atoms with van der Waals surface area (Å²) in [7, 11) is 0. The second kappa shape index (κ2) is 8.79. The number of anilines is 1. The smallest absolute Gasteiger partial charge is 0.337 e. The van der Waals surface area contributed by atoms with Crippen LogP contribution in [0.5, 0.6) is 5.75 Å². The Balaban J connectivity index is 1.32. The lowest BCUT2D eigenvalue weighted by atomic mass is 9.75. The van der Waals surface area contributed by atoms with Crippen molar-refractivity contribution in [3.63, 3.8) is 0 Å². The SMILES string of the molecule is O=C(O)c1cccc2c1N[C@H](c1ccc(OCc3ccc(Cl)cc3)cc1)[C@@H]1Cc3ccccc3[C@@H]21. The topological polar surface area (TPSA) is 58.6 Å². The van der Waals surface area contributed by atoms with Crippen molar-refractivity contribution in [1.29, 1.82) is 0 Å². The highest BCUT2D eigenvalue weighted by atomic mass is 35.5. The maximum absolute atomic E-state index is 12.0. The van der Waals surface area contributed by atoms with Crippen LogP contribution in [0.3, 0.4) is 0 Å². The summed E-state index contributed by atoms with van der Waals surface area (Å²) >= 11 is 5.97. The van der Waals surface area contributed by atoms with Gasteiger partial charge in [-0.05, 0) is 70.5 Å². The van der Waals surface area contributed by atoms with Crippen LogP contribution in [0.4, 0.5) is 5.69 Å². The molecule has 4 nitrogen and oxygen atoms in total. The fourth-order valence-electron chi connectivity index (χ4n) is 5.61. The summed E-state index contributed by atoms with van der Waals surface area (Å²) in [6, 6.07) is 29.9. The molecule has 2 aliphatic rings. The van der Waals surface area contributed by atoms with Crippen LogP contribution < -0.4 is 10.1 Å². The first-order valence-electron chi connectivity index (χ1n) is 11.8. The first kappa shape index (κ1) is 21.8. The molecule has 0 amide bonds. The molecule has 0 fully saturated rings. The number of ether oxygens (including phenoxy) is 1. The zero-order chi connectivity index (χ0) is 23.9. The molecule has 1 heterocycles. The van der Waals surface area contributed by atoms with Gasteiger partial charge in [-0.2, -0.15) is 0 Å². The zero-order valence-corrected chi connectivity index (χ0v) is 19.7. The van der Waals surface area contributed by atoms with Crippen LogP contribution in [0.1, 0.15) is 50.1 Å². The summed E-state index contributed by atoms with van der Waals surface area (Å²) in [5, 5.41) is 14.2. The summed E-state index contributed by atoms with van der Waals surface area (Å²) < 4.78 is 5.98. The summed E-state index contributed by atoms with van der Waals surface area (Å²) in [4.78, 5) is 12.0. The third-order valence-electron chi connectivity index (χ3n) is 7.22. The minimum absolute atomic E-state index is 0.00860. The van der Waals surface area contributed by atoms with Gasteiger partial charge >= 0.3 is 5.97 Å². The summed E-state index contributed by atoms with van der Waals surface area (Å²) in [5.41, 5.74) is 6.93. The van der Waals surface area contributed by atoms with E-state index in [2.05, 4.69) is 47.8 Å². The highest BCUT2D eigenvalue weighted by Crippen LogP contribution is 2.54. The maximum atomic E-state index is 12.0. The van der Waals surface area contributed by atoms with Gasteiger partial charge in [0.2, 0.25) is 0 Å². The molecule has 3 atom stereocenters. The standard InChI is InChI=1S/C30H24ClNO3/c31-21-12-8-18(9-13-21)17-35-22-14-10-19(11-15-22)28-26-16-20-4-1-2-5-23(20)27(26)24-6-3-7-25(30(33)34)29(24)32-28/h1-15,26-28,32H,16-17H2,(H,33,34)/t26-,27+,28-/m1/s1. The molecule has 1 aliphatic carbocycles. The fraction of sp³-hybridized carbons (Fsp3) is 0.167. The van der Waals surface area contributed by atoms with Gasteiger partial charge < -0.3 is 15.2 Å². The fourth-order valence-corrected chi connectivity index (χ4v) is 5.74. The minimum Gasteiger partial charge on any atom is -0.489 e. The molecule has 0 aromatic heterocycles. The molecule has 0 bridgehead atoms. The molecule has 0 saturated heterocycles. The lowest BCUT2D eigenvalue weighted by Gasteiger charge is -2.38. The lowest BCUT2D eigenvalue weighted by Crippen LogP contribution is -2.31. The van der Waals surface area contributed by atoms with Gasteiger partial charge in [0.25, 0.3) is 0 Å². The van der Waals surface area contributed by atoms with E-state index in [4.69, 9.17) is 16.3 Å². The van der Waals surface area contributed by atoms with Crippen LogP contribution in [0.15, 0.2) is 91.0 Å². The summed E-state index contributed by atoms with van der Waals surface area (Å²) in [5.74, 6) is 0.332. The van der Waals surface area contributed by atoms with Gasteiger partial charge in [0, 0.05) is 10.9 Å². The van der Waals surface area contributed by atoms with Crippen LogP contribution in [-0.2, 0) is 13.0 Å². The molecule has 174 valence electrons. The number of halogens is 1. The minimum atomic E-state index is -0.913. The quantitative estimate of drug-likeness (QED) is 0.319. The number of benzene rings is 4. The number of nitrogens with one attached hydrogen (secondary N) is 1. The van der Waals surface area contributed by atoms with Gasteiger partial charge in [-0.25, -0.2) is 4.79 Å². The van der Waals surface area contributed by atoms with Crippen molar-refractivity contribution in [3.8, 4) is 5.75 Å². The number of carboxylic acid groups (broad SMARTS) is 1. The van der Waals surface area contributed by atoms with Gasteiger partial charge in [-0.3, -0.25) is 0 Å². The molecule has 0 saturated carbocycles. The Labute approximate surface area is 209 Å². The highest BCUT2D eigenvalue weighted by Gasteiger charge is 2.44. The number of aromatic carboxylic acids is 1. The molecule has 0 spiro atoms. The van der Waals surface area contributed by atoms with Crippen LogP contribution >= 0.6 is 11.6 Å². The van der Waals surface area contributed by atoms with E-state index in [0.29, 0.717) is 23.1 Å². The molecular formula is C30H24ClNO3. The van der Waals surface area contributed by atoms with Crippen molar-refractivity contribution in [1.82, 2.24) is 0 Å². The van der Waals surface area contributed by atoms with E-state index in [1.54, 1.807) is 6.07 Å². The number of rotatable bonds is 5. The van der Waals surface area contributed by atoms with Crippen molar-refractivity contribution in [2.24, 2.45) is 5.92 Å². The van der Waals surface area contributed by atoms with E-state index in [0.717, 1.165) is 34.5 Å². The Bertz CT molecular complexity index is 1400. The number of fused-ring (bicyclic) bond motifs is 5. The van der Waals surface area contributed by atoms with Crippen LogP contribution in [0, 0.1) is 5.92 Å². The third kappa shape index (κ3) is 3.94. The Morgan fingerprint density at radius 3 is 2.43 bits per heavy atom. The molecule has 0 radical (unpaired) electrons. The molecular weight excluding hydrogens is 458 g/mol. The third-order valence-corrected chi connectivity index (χ3v) is 7.47. The molecule has 6 rings (SSSR count). The zero-order valence-electron chi connectivity index (χ0n) is 18.9. The molecule has 5 heteroatoms. The number of hydrogen-bond acceptors (Lipinski definition) is 3.